The van der Waals surface area contributed by atoms with Gasteiger partial charge in [-0.1, -0.05) is 24.3 Å². The predicted octanol–water partition coefficient (Wildman–Crippen LogP) is 3.45. The minimum atomic E-state index is 0.603. The first kappa shape index (κ1) is 13.1. The monoisotopic (exact) mass is 258 g/mol. The molecule has 0 bridgehead atoms. The van der Waals surface area contributed by atoms with Gasteiger partial charge in [0.15, 0.2) is 0 Å². The van der Waals surface area contributed by atoms with E-state index in [9.17, 15) is 0 Å². The van der Waals surface area contributed by atoms with Gasteiger partial charge in [0, 0.05) is 18.0 Å². The van der Waals surface area contributed by atoms with Crippen LogP contribution in [0.4, 0.5) is 0 Å². The van der Waals surface area contributed by atoms with Gasteiger partial charge in [-0.2, -0.15) is 0 Å². The zero-order valence-electron chi connectivity index (χ0n) is 10.8. The fourth-order valence-electron chi connectivity index (χ4n) is 1.81. The van der Waals surface area contributed by atoms with Crippen LogP contribution in [0.2, 0.25) is 0 Å². The van der Waals surface area contributed by atoms with Gasteiger partial charge >= 0.3 is 0 Å². The van der Waals surface area contributed by atoms with Crippen molar-refractivity contribution in [3.63, 3.8) is 0 Å². The van der Waals surface area contributed by atoms with Crippen LogP contribution in [0.5, 0.6) is 0 Å². The van der Waals surface area contributed by atoms with Gasteiger partial charge in [-0.3, -0.25) is 0 Å². The fraction of sp³-hybridized carbons (Fsp3) is 0.267. The molecule has 1 heterocycles. The van der Waals surface area contributed by atoms with E-state index in [2.05, 4.69) is 48.3 Å². The molecule has 1 aromatic carbocycles. The molecule has 0 radical (unpaired) electrons. The lowest BCUT2D eigenvalue weighted by Crippen LogP contribution is -1.95. The van der Waals surface area contributed by atoms with Gasteiger partial charge in [0.1, 0.15) is 0 Å². The minimum absolute atomic E-state index is 0.603. The lowest BCUT2D eigenvalue weighted by atomic mass is 10.1. The van der Waals surface area contributed by atoms with Gasteiger partial charge in [-0.05, 0) is 42.7 Å². The maximum atomic E-state index is 5.58. The molecule has 0 aliphatic rings. The van der Waals surface area contributed by atoms with Crippen molar-refractivity contribution in [1.82, 2.24) is 4.98 Å². The lowest BCUT2D eigenvalue weighted by Gasteiger charge is -2.05. The molecule has 0 spiro atoms. The van der Waals surface area contributed by atoms with Gasteiger partial charge in [0.25, 0.3) is 0 Å². The Morgan fingerprint density at radius 1 is 1.06 bits per heavy atom. The number of benzene rings is 1. The molecule has 0 saturated carbocycles. The average molecular weight is 258 g/mol. The van der Waals surface area contributed by atoms with Crippen LogP contribution < -0.4 is 5.73 Å². The number of rotatable bonds is 4. The highest BCUT2D eigenvalue weighted by molar-refractivity contribution is 7.98. The predicted molar refractivity (Wildman–Crippen MR) is 77.6 cm³/mol. The molecule has 0 aliphatic carbocycles. The summed E-state index contributed by atoms with van der Waals surface area (Å²) in [5.74, 6) is 0.945. The summed E-state index contributed by atoms with van der Waals surface area (Å²) in [6, 6.07) is 12.7. The highest BCUT2D eigenvalue weighted by Crippen LogP contribution is 2.22. The number of pyridine rings is 1. The van der Waals surface area contributed by atoms with E-state index in [-0.39, 0.29) is 0 Å². The summed E-state index contributed by atoms with van der Waals surface area (Å²) in [6.45, 7) is 4.74. The molecule has 3 heteroatoms. The van der Waals surface area contributed by atoms with E-state index in [0.717, 1.165) is 16.5 Å². The molecule has 0 aliphatic heterocycles. The third-order valence-corrected chi connectivity index (χ3v) is 3.70. The van der Waals surface area contributed by atoms with Gasteiger partial charge in [-0.15, -0.1) is 11.8 Å². The standard InChI is InChI=1S/C15H18N2S/c1-11-7-12(2)17-15(8-11)18-10-14-5-3-13(9-16)4-6-14/h3-8H,9-10,16H2,1-2H3. The molecule has 2 aromatic rings. The third-order valence-electron chi connectivity index (χ3n) is 2.72. The molecule has 0 atom stereocenters. The second-order valence-electron chi connectivity index (χ2n) is 4.43. The number of thioether (sulfide) groups is 1. The van der Waals surface area contributed by atoms with Crippen LogP contribution in [0.1, 0.15) is 22.4 Å². The van der Waals surface area contributed by atoms with Crippen LogP contribution in [0.15, 0.2) is 41.4 Å². The maximum Gasteiger partial charge on any atom is 0.0968 e. The zero-order chi connectivity index (χ0) is 13.0. The van der Waals surface area contributed by atoms with E-state index in [1.807, 2.05) is 6.92 Å². The first-order chi connectivity index (χ1) is 8.67. The van der Waals surface area contributed by atoms with E-state index >= 15 is 0 Å². The lowest BCUT2D eigenvalue weighted by molar-refractivity contribution is 1.04. The molecule has 18 heavy (non-hydrogen) atoms. The molecule has 2 nitrogen and oxygen atoms in total. The number of aromatic nitrogens is 1. The summed E-state index contributed by atoms with van der Waals surface area (Å²) in [7, 11) is 0. The molecule has 2 N–H and O–H groups in total. The van der Waals surface area contributed by atoms with Crippen LogP contribution in [-0.2, 0) is 12.3 Å². The summed E-state index contributed by atoms with van der Waals surface area (Å²) < 4.78 is 0. The van der Waals surface area contributed by atoms with Crippen molar-refractivity contribution >= 4 is 11.8 Å². The van der Waals surface area contributed by atoms with Crippen LogP contribution in [0.25, 0.3) is 0 Å². The van der Waals surface area contributed by atoms with Crippen molar-refractivity contribution < 1.29 is 0 Å². The quantitative estimate of drug-likeness (QED) is 0.854. The van der Waals surface area contributed by atoms with Gasteiger partial charge < -0.3 is 5.73 Å². The second kappa shape index (κ2) is 6.03. The van der Waals surface area contributed by atoms with Crippen molar-refractivity contribution in [2.75, 3.05) is 0 Å². The van der Waals surface area contributed by atoms with Crippen LogP contribution in [-0.4, -0.2) is 4.98 Å². The van der Waals surface area contributed by atoms with E-state index in [1.54, 1.807) is 11.8 Å². The molecule has 2 rings (SSSR count). The highest BCUT2D eigenvalue weighted by atomic mass is 32.2. The molecular formula is C15H18N2S. The topological polar surface area (TPSA) is 38.9 Å². The Morgan fingerprint density at radius 2 is 1.72 bits per heavy atom. The van der Waals surface area contributed by atoms with Crippen LogP contribution in [0, 0.1) is 13.8 Å². The van der Waals surface area contributed by atoms with Crippen LogP contribution in [0.3, 0.4) is 0 Å². The molecule has 0 unspecified atom stereocenters. The summed E-state index contributed by atoms with van der Waals surface area (Å²) in [5.41, 5.74) is 10.4. The summed E-state index contributed by atoms with van der Waals surface area (Å²) >= 11 is 1.77. The first-order valence-electron chi connectivity index (χ1n) is 6.03. The van der Waals surface area contributed by atoms with E-state index < -0.39 is 0 Å². The summed E-state index contributed by atoms with van der Waals surface area (Å²) in [6.07, 6.45) is 0. The Labute approximate surface area is 113 Å². The fourth-order valence-corrected chi connectivity index (χ4v) is 2.79. The van der Waals surface area contributed by atoms with Gasteiger partial charge in [0.2, 0.25) is 0 Å². The molecule has 0 fully saturated rings. The largest absolute Gasteiger partial charge is 0.326 e. The van der Waals surface area contributed by atoms with Crippen molar-refractivity contribution in [3.05, 3.63) is 58.8 Å². The van der Waals surface area contributed by atoms with E-state index in [1.165, 1.54) is 16.7 Å². The Kier molecular flexibility index (Phi) is 4.39. The zero-order valence-corrected chi connectivity index (χ0v) is 11.6. The second-order valence-corrected chi connectivity index (χ2v) is 5.43. The number of hydrogen-bond donors (Lipinski definition) is 1. The normalized spacial score (nSPS) is 10.6. The SMILES string of the molecule is Cc1cc(C)nc(SCc2ccc(CN)cc2)c1. The average Bonchev–Trinajstić information content (AvgIpc) is 2.36. The van der Waals surface area contributed by atoms with Gasteiger partial charge in [0.05, 0.1) is 5.03 Å². The van der Waals surface area contributed by atoms with E-state index in [4.69, 9.17) is 5.73 Å². The third kappa shape index (κ3) is 3.59. The van der Waals surface area contributed by atoms with E-state index in [0.29, 0.717) is 6.54 Å². The Morgan fingerprint density at radius 3 is 2.33 bits per heavy atom. The Balaban J connectivity index is 2.01. The maximum absolute atomic E-state index is 5.58. The highest BCUT2D eigenvalue weighted by Gasteiger charge is 2.00. The van der Waals surface area contributed by atoms with Crippen molar-refractivity contribution in [1.29, 1.82) is 0 Å². The summed E-state index contributed by atoms with van der Waals surface area (Å²) in [5, 5.41) is 1.09. The van der Waals surface area contributed by atoms with Crippen LogP contribution >= 0.6 is 11.8 Å². The number of hydrogen-bond acceptors (Lipinski definition) is 3. The molecule has 0 amide bonds. The van der Waals surface area contributed by atoms with Crippen molar-refractivity contribution in [3.8, 4) is 0 Å². The smallest absolute Gasteiger partial charge is 0.0968 e. The number of aryl methyl sites for hydroxylation is 2. The van der Waals surface area contributed by atoms with Gasteiger partial charge in [-0.25, -0.2) is 4.98 Å². The molecule has 0 saturated heterocycles. The first-order valence-corrected chi connectivity index (χ1v) is 7.02. The number of nitrogens with two attached hydrogens (primary N) is 1. The Hall–Kier alpha value is -1.32. The minimum Gasteiger partial charge on any atom is -0.326 e. The van der Waals surface area contributed by atoms with Crippen molar-refractivity contribution in [2.24, 2.45) is 5.73 Å². The molecular weight excluding hydrogens is 240 g/mol. The Bertz CT molecular complexity index is 500. The van der Waals surface area contributed by atoms with Crippen molar-refractivity contribution in [2.45, 2.75) is 31.2 Å². The molecule has 1 aromatic heterocycles. The summed E-state index contributed by atoms with van der Waals surface area (Å²) in [4.78, 5) is 4.53. The molecule has 94 valence electrons. The number of nitrogens with zero attached hydrogens (tertiary/aromatic N) is 1.